The van der Waals surface area contributed by atoms with Crippen molar-refractivity contribution in [3.63, 3.8) is 0 Å². The number of ether oxygens (including phenoxy) is 1. The average Bonchev–Trinajstić information content (AvgIpc) is 2.28. The molecular weight excluding hydrogens is 224 g/mol. The lowest BCUT2D eigenvalue weighted by molar-refractivity contribution is -0.384. The molecule has 0 heterocycles. The molecule has 0 aliphatic heterocycles. The molecule has 17 heavy (non-hydrogen) atoms. The third-order valence-corrected chi connectivity index (χ3v) is 2.17. The zero-order valence-electron chi connectivity index (χ0n) is 9.97. The molecule has 6 heteroatoms. The number of hydrogen-bond acceptors (Lipinski definition) is 5. The second-order valence-electron chi connectivity index (χ2n) is 3.58. The van der Waals surface area contributed by atoms with Crippen LogP contribution >= 0.6 is 0 Å². The first-order valence-corrected chi connectivity index (χ1v) is 5.10. The molecule has 0 amide bonds. The first kappa shape index (κ1) is 13.0. The molecule has 0 bridgehead atoms. The smallest absolute Gasteiger partial charge is 0.338 e. The van der Waals surface area contributed by atoms with Gasteiger partial charge in [0.2, 0.25) is 0 Å². The fourth-order valence-electron chi connectivity index (χ4n) is 1.39. The minimum Gasteiger partial charge on any atom is -0.462 e. The molecule has 0 saturated carbocycles. The van der Waals surface area contributed by atoms with Crippen molar-refractivity contribution in [2.24, 2.45) is 0 Å². The molecule has 0 fully saturated rings. The van der Waals surface area contributed by atoms with E-state index in [0.29, 0.717) is 5.69 Å². The molecule has 0 saturated heterocycles. The van der Waals surface area contributed by atoms with E-state index in [1.165, 1.54) is 18.2 Å². The molecule has 6 nitrogen and oxygen atoms in total. The van der Waals surface area contributed by atoms with Crippen LogP contribution in [-0.2, 0) is 4.74 Å². The zero-order valence-corrected chi connectivity index (χ0v) is 9.97. The summed E-state index contributed by atoms with van der Waals surface area (Å²) in [6, 6.07) is 4.28. The molecule has 0 N–H and O–H groups in total. The molecule has 0 aliphatic carbocycles. The average molecular weight is 238 g/mol. The van der Waals surface area contributed by atoms with E-state index in [1.54, 1.807) is 25.9 Å². The zero-order chi connectivity index (χ0) is 13.0. The van der Waals surface area contributed by atoms with E-state index in [0.717, 1.165) is 0 Å². The Balaban J connectivity index is 3.19. The van der Waals surface area contributed by atoms with Crippen LogP contribution in [0.25, 0.3) is 0 Å². The molecule has 1 aromatic rings. The molecule has 0 atom stereocenters. The van der Waals surface area contributed by atoms with E-state index in [2.05, 4.69) is 0 Å². The molecule has 92 valence electrons. The van der Waals surface area contributed by atoms with Gasteiger partial charge >= 0.3 is 5.97 Å². The van der Waals surface area contributed by atoms with Crippen LogP contribution in [-0.4, -0.2) is 31.6 Å². The summed E-state index contributed by atoms with van der Waals surface area (Å²) in [4.78, 5) is 23.4. The Bertz CT molecular complexity index is 443. The van der Waals surface area contributed by atoms with Crippen molar-refractivity contribution < 1.29 is 14.5 Å². The number of carbonyl (C=O) groups is 1. The van der Waals surface area contributed by atoms with Gasteiger partial charge in [0.1, 0.15) is 5.69 Å². The van der Waals surface area contributed by atoms with E-state index in [-0.39, 0.29) is 17.9 Å². The quantitative estimate of drug-likeness (QED) is 0.454. The number of nitro groups is 1. The largest absolute Gasteiger partial charge is 0.462 e. The van der Waals surface area contributed by atoms with Crippen LogP contribution in [0.4, 0.5) is 11.4 Å². The maximum atomic E-state index is 11.4. The Labute approximate surface area is 98.9 Å². The minimum atomic E-state index is -0.555. The molecule has 0 spiro atoms. The fraction of sp³-hybridized carbons (Fsp3) is 0.364. The van der Waals surface area contributed by atoms with E-state index in [9.17, 15) is 14.9 Å². The van der Waals surface area contributed by atoms with Crippen LogP contribution in [0.5, 0.6) is 0 Å². The number of anilines is 1. The molecule has 1 rings (SSSR count). The number of nitro benzene ring substituents is 1. The summed E-state index contributed by atoms with van der Waals surface area (Å²) in [5, 5.41) is 10.9. The van der Waals surface area contributed by atoms with Crippen molar-refractivity contribution in [3.05, 3.63) is 33.9 Å². The van der Waals surface area contributed by atoms with Gasteiger partial charge in [0, 0.05) is 20.2 Å². The summed E-state index contributed by atoms with van der Waals surface area (Å²) in [6.07, 6.45) is 0. The number of nitrogens with zero attached hydrogens (tertiary/aromatic N) is 2. The van der Waals surface area contributed by atoms with Crippen molar-refractivity contribution in [1.29, 1.82) is 0 Å². The highest BCUT2D eigenvalue weighted by molar-refractivity contribution is 5.91. The normalized spacial score (nSPS) is 9.82. The maximum absolute atomic E-state index is 11.4. The second kappa shape index (κ2) is 5.29. The third-order valence-electron chi connectivity index (χ3n) is 2.17. The predicted octanol–water partition coefficient (Wildman–Crippen LogP) is 1.84. The van der Waals surface area contributed by atoms with E-state index < -0.39 is 10.9 Å². The van der Waals surface area contributed by atoms with Gasteiger partial charge in [-0.15, -0.1) is 0 Å². The first-order valence-electron chi connectivity index (χ1n) is 5.10. The van der Waals surface area contributed by atoms with Crippen molar-refractivity contribution in [3.8, 4) is 0 Å². The summed E-state index contributed by atoms with van der Waals surface area (Å²) in [7, 11) is 3.40. The lowest BCUT2D eigenvalue weighted by Gasteiger charge is -2.13. The van der Waals surface area contributed by atoms with E-state index in [4.69, 9.17) is 4.74 Å². The van der Waals surface area contributed by atoms with Crippen molar-refractivity contribution in [1.82, 2.24) is 0 Å². The van der Waals surface area contributed by atoms with Crippen molar-refractivity contribution in [2.45, 2.75) is 6.92 Å². The molecule has 0 aliphatic rings. The number of esters is 1. The topological polar surface area (TPSA) is 72.7 Å². The van der Waals surface area contributed by atoms with Crippen LogP contribution in [0.15, 0.2) is 18.2 Å². The number of hydrogen-bond donors (Lipinski definition) is 0. The number of benzene rings is 1. The third kappa shape index (κ3) is 2.93. The molecule has 1 aromatic carbocycles. The van der Waals surface area contributed by atoms with E-state index >= 15 is 0 Å². The summed E-state index contributed by atoms with van der Waals surface area (Å²) in [5.41, 5.74) is 0.521. The Kier molecular flexibility index (Phi) is 4.03. The standard InChI is InChI=1S/C11H14N2O4/c1-4-17-11(14)8-5-6-9(12(2)3)10(7-8)13(15)16/h5-7H,4H2,1-3H3. The van der Waals surface area contributed by atoms with Crippen LogP contribution in [0.3, 0.4) is 0 Å². The lowest BCUT2D eigenvalue weighted by Crippen LogP contribution is -2.12. The molecule has 0 aromatic heterocycles. The van der Waals surface area contributed by atoms with E-state index in [1.807, 2.05) is 0 Å². The van der Waals surface area contributed by atoms with Gasteiger partial charge in [-0.05, 0) is 19.1 Å². The summed E-state index contributed by atoms with van der Waals surface area (Å²) >= 11 is 0. The van der Waals surface area contributed by atoms with Crippen LogP contribution < -0.4 is 4.90 Å². The van der Waals surface area contributed by atoms with Crippen LogP contribution in [0, 0.1) is 10.1 Å². The van der Waals surface area contributed by atoms with Gasteiger partial charge in [-0.3, -0.25) is 10.1 Å². The van der Waals surface area contributed by atoms with Crippen LogP contribution in [0.1, 0.15) is 17.3 Å². The Hall–Kier alpha value is -2.11. The van der Waals surface area contributed by atoms with Gasteiger partial charge < -0.3 is 9.64 Å². The monoisotopic (exact) mass is 238 g/mol. The summed E-state index contributed by atoms with van der Waals surface area (Å²) in [6.45, 7) is 1.92. The number of carbonyl (C=O) groups excluding carboxylic acids is 1. The highest BCUT2D eigenvalue weighted by atomic mass is 16.6. The number of rotatable bonds is 4. The highest BCUT2D eigenvalue weighted by Gasteiger charge is 2.19. The van der Waals surface area contributed by atoms with Gasteiger partial charge in [-0.2, -0.15) is 0 Å². The van der Waals surface area contributed by atoms with Gasteiger partial charge in [0.15, 0.2) is 0 Å². The van der Waals surface area contributed by atoms with Gasteiger partial charge in [-0.1, -0.05) is 0 Å². The maximum Gasteiger partial charge on any atom is 0.338 e. The Morgan fingerprint density at radius 2 is 2.12 bits per heavy atom. The first-order chi connectivity index (χ1) is 7.97. The molecule has 0 unspecified atom stereocenters. The molecule has 0 radical (unpaired) electrons. The van der Waals surface area contributed by atoms with Gasteiger partial charge in [0.05, 0.1) is 17.1 Å². The Morgan fingerprint density at radius 3 is 2.59 bits per heavy atom. The van der Waals surface area contributed by atoms with Crippen LogP contribution in [0.2, 0.25) is 0 Å². The summed E-state index contributed by atoms with van der Waals surface area (Å²) < 4.78 is 4.79. The van der Waals surface area contributed by atoms with Gasteiger partial charge in [0.25, 0.3) is 5.69 Å². The summed E-state index contributed by atoms with van der Waals surface area (Å²) in [5.74, 6) is -0.555. The van der Waals surface area contributed by atoms with Gasteiger partial charge in [-0.25, -0.2) is 4.79 Å². The lowest BCUT2D eigenvalue weighted by atomic mass is 10.1. The predicted molar refractivity (Wildman–Crippen MR) is 63.4 cm³/mol. The van der Waals surface area contributed by atoms with Crippen molar-refractivity contribution >= 4 is 17.3 Å². The molecular formula is C11H14N2O4. The second-order valence-corrected chi connectivity index (χ2v) is 3.58. The highest BCUT2D eigenvalue weighted by Crippen LogP contribution is 2.27. The fourth-order valence-corrected chi connectivity index (χ4v) is 1.39. The Morgan fingerprint density at radius 1 is 1.47 bits per heavy atom. The minimum absolute atomic E-state index is 0.111. The SMILES string of the molecule is CCOC(=O)c1ccc(N(C)C)c([N+](=O)[O-])c1. The van der Waals surface area contributed by atoms with Crippen molar-refractivity contribution in [2.75, 3.05) is 25.6 Å².